The number of hydrogen-bond donors (Lipinski definition) is 1. The number of aromatic nitrogens is 2. The maximum atomic E-state index is 4.70. The Hall–Kier alpha value is -1.30. The van der Waals surface area contributed by atoms with Crippen LogP contribution in [-0.2, 0) is 0 Å². The van der Waals surface area contributed by atoms with Gasteiger partial charge in [0.25, 0.3) is 0 Å². The van der Waals surface area contributed by atoms with Crippen LogP contribution in [0.3, 0.4) is 0 Å². The molecule has 3 nitrogen and oxygen atoms in total. The van der Waals surface area contributed by atoms with E-state index in [0.29, 0.717) is 0 Å². The van der Waals surface area contributed by atoms with E-state index in [1.54, 1.807) is 22.7 Å². The molecule has 5 heteroatoms. The molecule has 0 aliphatic rings. The summed E-state index contributed by atoms with van der Waals surface area (Å²) in [5.41, 5.74) is 1.08. The van der Waals surface area contributed by atoms with E-state index in [-0.39, 0.29) is 12.1 Å². The normalized spacial score (nSPS) is 14.6. The Morgan fingerprint density at radius 1 is 1.05 bits per heavy atom. The van der Waals surface area contributed by atoms with Crippen LogP contribution in [0.25, 0.3) is 10.2 Å². The largest absolute Gasteiger partial charge is 0.299 e. The van der Waals surface area contributed by atoms with E-state index in [4.69, 9.17) is 4.98 Å². The average Bonchev–Trinajstić information content (AvgIpc) is 3.04. The average molecular weight is 303 g/mol. The monoisotopic (exact) mass is 303 g/mol. The van der Waals surface area contributed by atoms with Gasteiger partial charge in [0, 0.05) is 11.1 Å². The number of aryl methyl sites for hydroxylation is 1. The Morgan fingerprint density at radius 3 is 2.50 bits per heavy atom. The summed E-state index contributed by atoms with van der Waals surface area (Å²) in [7, 11) is 0. The molecule has 2 unspecified atom stereocenters. The van der Waals surface area contributed by atoms with Crippen molar-refractivity contribution in [2.24, 2.45) is 0 Å². The third-order valence-electron chi connectivity index (χ3n) is 3.19. The van der Waals surface area contributed by atoms with Crippen molar-refractivity contribution in [2.75, 3.05) is 0 Å². The molecule has 3 rings (SSSR count). The molecule has 0 saturated carbocycles. The number of nitrogens with one attached hydrogen (secondary N) is 1. The molecule has 104 valence electrons. The summed E-state index contributed by atoms with van der Waals surface area (Å²) in [5, 5.41) is 5.85. The minimum atomic E-state index is 0.228. The number of nitrogens with zero attached hydrogens (tertiary/aromatic N) is 2. The van der Waals surface area contributed by atoms with Crippen LogP contribution in [0.5, 0.6) is 0 Å². The van der Waals surface area contributed by atoms with Crippen molar-refractivity contribution in [3.05, 3.63) is 45.4 Å². The fraction of sp³-hybridized carbons (Fsp3) is 0.333. The number of rotatable bonds is 4. The van der Waals surface area contributed by atoms with E-state index in [1.165, 1.54) is 9.58 Å². The van der Waals surface area contributed by atoms with Crippen molar-refractivity contribution in [3.8, 4) is 0 Å². The topological polar surface area (TPSA) is 37.8 Å². The third-order valence-corrected chi connectivity index (χ3v) is 5.51. The van der Waals surface area contributed by atoms with Gasteiger partial charge in [0.1, 0.15) is 10.0 Å². The highest BCUT2D eigenvalue weighted by Gasteiger charge is 2.16. The predicted molar refractivity (Wildman–Crippen MR) is 86.4 cm³/mol. The van der Waals surface area contributed by atoms with Gasteiger partial charge in [0.05, 0.1) is 22.3 Å². The van der Waals surface area contributed by atoms with Gasteiger partial charge in [-0.15, -0.1) is 22.7 Å². The summed E-state index contributed by atoms with van der Waals surface area (Å²) in [4.78, 5) is 10.4. The Kier molecular flexibility index (Phi) is 3.83. The first kappa shape index (κ1) is 13.7. The van der Waals surface area contributed by atoms with Crippen LogP contribution in [0, 0.1) is 6.92 Å². The molecule has 1 N–H and O–H groups in total. The molecule has 0 amide bonds. The molecule has 2 heterocycles. The molecule has 1 aromatic carbocycles. The molecule has 20 heavy (non-hydrogen) atoms. The highest BCUT2D eigenvalue weighted by molar-refractivity contribution is 7.18. The van der Waals surface area contributed by atoms with Gasteiger partial charge in [-0.25, -0.2) is 9.97 Å². The second-order valence-electron chi connectivity index (χ2n) is 4.94. The fourth-order valence-electron chi connectivity index (χ4n) is 2.17. The first-order valence-electron chi connectivity index (χ1n) is 6.67. The fourth-order valence-corrected chi connectivity index (χ4v) is 3.93. The number of fused-ring (bicyclic) bond motifs is 1. The van der Waals surface area contributed by atoms with Crippen LogP contribution in [0.2, 0.25) is 0 Å². The van der Waals surface area contributed by atoms with Crippen molar-refractivity contribution in [2.45, 2.75) is 32.9 Å². The minimum Gasteiger partial charge on any atom is -0.299 e. The van der Waals surface area contributed by atoms with Crippen LogP contribution in [0.15, 0.2) is 30.5 Å². The Morgan fingerprint density at radius 2 is 1.80 bits per heavy atom. The van der Waals surface area contributed by atoms with Gasteiger partial charge in [0.15, 0.2) is 0 Å². The number of para-hydroxylation sites is 1. The van der Waals surface area contributed by atoms with Gasteiger partial charge in [0.2, 0.25) is 0 Å². The quantitative estimate of drug-likeness (QED) is 0.772. The SMILES string of the molecule is Cc1cnc(C(C)NC(C)c2nc3ccccc3s2)s1. The van der Waals surface area contributed by atoms with Crippen molar-refractivity contribution in [1.29, 1.82) is 0 Å². The van der Waals surface area contributed by atoms with Crippen molar-refractivity contribution >= 4 is 32.9 Å². The highest BCUT2D eigenvalue weighted by atomic mass is 32.1. The summed E-state index contributed by atoms with van der Waals surface area (Å²) in [6.45, 7) is 6.40. The maximum Gasteiger partial charge on any atom is 0.111 e. The summed E-state index contributed by atoms with van der Waals surface area (Å²) >= 11 is 3.50. The minimum absolute atomic E-state index is 0.228. The van der Waals surface area contributed by atoms with Crippen LogP contribution in [0.1, 0.15) is 40.8 Å². The van der Waals surface area contributed by atoms with Gasteiger partial charge in [-0.3, -0.25) is 5.32 Å². The van der Waals surface area contributed by atoms with E-state index >= 15 is 0 Å². The Bertz CT molecular complexity index is 684. The molecule has 0 spiro atoms. The standard InChI is InChI=1S/C15H17N3S2/c1-9-8-16-14(19-9)10(2)17-11(3)15-18-12-6-4-5-7-13(12)20-15/h4-8,10-11,17H,1-3H3. The molecule has 0 aliphatic heterocycles. The molecule has 2 aromatic heterocycles. The summed E-state index contributed by atoms with van der Waals surface area (Å²) in [5.74, 6) is 0. The van der Waals surface area contributed by atoms with Gasteiger partial charge in [-0.05, 0) is 32.9 Å². The lowest BCUT2D eigenvalue weighted by molar-refractivity contribution is 0.492. The second kappa shape index (κ2) is 5.60. The summed E-state index contributed by atoms with van der Waals surface area (Å²) < 4.78 is 1.24. The van der Waals surface area contributed by atoms with Gasteiger partial charge < -0.3 is 0 Å². The molecule has 0 saturated heterocycles. The third kappa shape index (κ3) is 2.75. The predicted octanol–water partition coefficient (Wildman–Crippen LogP) is 4.47. The highest BCUT2D eigenvalue weighted by Crippen LogP contribution is 2.28. The number of thiazole rings is 2. The van der Waals surface area contributed by atoms with Gasteiger partial charge in [-0.1, -0.05) is 12.1 Å². The van der Waals surface area contributed by atoms with Gasteiger partial charge in [-0.2, -0.15) is 0 Å². The molecular formula is C15H17N3S2. The molecule has 2 atom stereocenters. The zero-order valence-corrected chi connectivity index (χ0v) is 13.4. The lowest BCUT2D eigenvalue weighted by atomic mass is 10.2. The molecule has 0 bridgehead atoms. The first-order valence-corrected chi connectivity index (χ1v) is 8.30. The summed E-state index contributed by atoms with van der Waals surface area (Å²) in [6.07, 6.45) is 1.93. The zero-order chi connectivity index (χ0) is 14.1. The zero-order valence-electron chi connectivity index (χ0n) is 11.8. The second-order valence-corrected chi connectivity index (χ2v) is 7.27. The van der Waals surface area contributed by atoms with E-state index in [9.17, 15) is 0 Å². The Labute approximate surface area is 126 Å². The van der Waals surface area contributed by atoms with E-state index in [2.05, 4.69) is 49.3 Å². The van der Waals surface area contributed by atoms with Crippen LogP contribution < -0.4 is 5.32 Å². The van der Waals surface area contributed by atoms with Crippen LogP contribution in [0.4, 0.5) is 0 Å². The molecule has 3 aromatic rings. The maximum absolute atomic E-state index is 4.70. The van der Waals surface area contributed by atoms with E-state index in [1.807, 2.05) is 12.3 Å². The number of hydrogen-bond acceptors (Lipinski definition) is 5. The lowest BCUT2D eigenvalue weighted by Gasteiger charge is -2.16. The van der Waals surface area contributed by atoms with E-state index < -0.39 is 0 Å². The number of benzene rings is 1. The molecular weight excluding hydrogens is 286 g/mol. The molecule has 0 radical (unpaired) electrons. The molecule has 0 fully saturated rings. The van der Waals surface area contributed by atoms with Crippen molar-refractivity contribution in [1.82, 2.24) is 15.3 Å². The van der Waals surface area contributed by atoms with E-state index in [0.717, 1.165) is 15.5 Å². The first-order chi connectivity index (χ1) is 9.63. The van der Waals surface area contributed by atoms with Crippen LogP contribution in [-0.4, -0.2) is 9.97 Å². The van der Waals surface area contributed by atoms with Crippen LogP contribution >= 0.6 is 22.7 Å². The molecule has 0 aliphatic carbocycles. The summed E-state index contributed by atoms with van der Waals surface area (Å²) in [6, 6.07) is 8.75. The smallest absolute Gasteiger partial charge is 0.111 e. The van der Waals surface area contributed by atoms with Gasteiger partial charge >= 0.3 is 0 Å². The Balaban J connectivity index is 1.76. The van der Waals surface area contributed by atoms with Crippen molar-refractivity contribution in [3.63, 3.8) is 0 Å². The van der Waals surface area contributed by atoms with Crippen molar-refractivity contribution < 1.29 is 0 Å². The lowest BCUT2D eigenvalue weighted by Crippen LogP contribution is -2.22.